The molecule has 1 aromatic carbocycles. The van der Waals surface area contributed by atoms with Gasteiger partial charge in [0.05, 0.1) is 4.90 Å². The number of nitrogens with two attached hydrogens (primary N) is 1. The summed E-state index contributed by atoms with van der Waals surface area (Å²) in [6, 6.07) is 4.46. The van der Waals surface area contributed by atoms with Gasteiger partial charge in [-0.3, -0.25) is 0 Å². The number of rotatable bonds is 3. The minimum absolute atomic E-state index is 0.257. The molecule has 25 heavy (non-hydrogen) atoms. The zero-order valence-corrected chi connectivity index (χ0v) is 13.6. The number of nitrogens with zero attached hydrogens (tertiary/aromatic N) is 4. The first-order chi connectivity index (χ1) is 11.6. The average molecular weight is 371 g/mol. The number of nitrogen functional groups attached to an aromatic ring is 1. The van der Waals surface area contributed by atoms with Crippen LogP contribution in [0.5, 0.6) is 0 Å². The van der Waals surface area contributed by atoms with E-state index in [1.165, 1.54) is 23.0 Å². The predicted molar refractivity (Wildman–Crippen MR) is 82.4 cm³/mol. The molecule has 2 aromatic heterocycles. The second kappa shape index (κ2) is 5.69. The SMILES string of the molecule is Cc1nc2ncnn2c(N)c1Cc1ccc(S(=O)(=O)C(F)(F)F)cc1. The zero-order valence-electron chi connectivity index (χ0n) is 12.8. The molecule has 0 bridgehead atoms. The molecule has 0 atom stereocenters. The van der Waals surface area contributed by atoms with Crippen molar-refractivity contribution in [2.75, 3.05) is 5.73 Å². The Balaban J connectivity index is 1.95. The molecule has 0 saturated carbocycles. The van der Waals surface area contributed by atoms with Gasteiger partial charge in [-0.2, -0.15) is 27.8 Å². The molecule has 11 heteroatoms. The van der Waals surface area contributed by atoms with E-state index in [1.54, 1.807) is 6.92 Å². The third kappa shape index (κ3) is 2.90. The smallest absolute Gasteiger partial charge is 0.383 e. The van der Waals surface area contributed by atoms with E-state index >= 15 is 0 Å². The van der Waals surface area contributed by atoms with Crippen LogP contribution in [-0.2, 0) is 16.3 Å². The van der Waals surface area contributed by atoms with Crippen LogP contribution in [-0.4, -0.2) is 33.5 Å². The van der Waals surface area contributed by atoms with Crippen molar-refractivity contribution < 1.29 is 21.6 Å². The molecule has 0 saturated heterocycles. The quantitative estimate of drug-likeness (QED) is 0.754. The number of hydrogen-bond acceptors (Lipinski definition) is 6. The topological polar surface area (TPSA) is 103 Å². The molecule has 2 N–H and O–H groups in total. The van der Waals surface area contributed by atoms with E-state index in [-0.39, 0.29) is 6.42 Å². The average Bonchev–Trinajstić information content (AvgIpc) is 2.99. The Morgan fingerprint density at radius 2 is 1.84 bits per heavy atom. The van der Waals surface area contributed by atoms with Gasteiger partial charge in [0.25, 0.3) is 15.6 Å². The summed E-state index contributed by atoms with van der Waals surface area (Å²) in [5.41, 5.74) is 2.52. The fraction of sp³-hybridized carbons (Fsp3) is 0.214. The highest BCUT2D eigenvalue weighted by Crippen LogP contribution is 2.30. The number of alkyl halides is 3. The van der Waals surface area contributed by atoms with Gasteiger partial charge in [-0.15, -0.1) is 0 Å². The predicted octanol–water partition coefficient (Wildman–Crippen LogP) is 1.90. The van der Waals surface area contributed by atoms with Crippen LogP contribution in [0.3, 0.4) is 0 Å². The first-order valence-electron chi connectivity index (χ1n) is 6.96. The number of aromatic nitrogens is 4. The molecule has 0 spiro atoms. The summed E-state index contributed by atoms with van der Waals surface area (Å²) in [6.07, 6.45) is 1.56. The highest BCUT2D eigenvalue weighted by atomic mass is 32.2. The monoisotopic (exact) mass is 371 g/mol. The van der Waals surface area contributed by atoms with Crippen molar-refractivity contribution in [1.29, 1.82) is 0 Å². The summed E-state index contributed by atoms with van der Waals surface area (Å²) in [5, 5.41) is 3.95. The Morgan fingerprint density at radius 3 is 2.44 bits per heavy atom. The molecule has 0 amide bonds. The highest BCUT2D eigenvalue weighted by molar-refractivity contribution is 7.92. The molecule has 0 fully saturated rings. The highest BCUT2D eigenvalue weighted by Gasteiger charge is 2.46. The van der Waals surface area contributed by atoms with Gasteiger partial charge in [-0.05, 0) is 24.6 Å². The lowest BCUT2D eigenvalue weighted by atomic mass is 10.0. The number of fused-ring (bicyclic) bond motifs is 1. The van der Waals surface area contributed by atoms with Gasteiger partial charge in [0.1, 0.15) is 12.1 Å². The van der Waals surface area contributed by atoms with E-state index < -0.39 is 20.2 Å². The van der Waals surface area contributed by atoms with E-state index in [9.17, 15) is 21.6 Å². The van der Waals surface area contributed by atoms with Crippen LogP contribution in [0.4, 0.5) is 19.0 Å². The van der Waals surface area contributed by atoms with E-state index in [0.717, 1.165) is 12.1 Å². The lowest BCUT2D eigenvalue weighted by Gasteiger charge is -2.11. The molecule has 3 aromatic rings. The van der Waals surface area contributed by atoms with E-state index in [1.807, 2.05) is 0 Å². The first kappa shape index (κ1) is 17.1. The molecule has 0 aliphatic heterocycles. The Labute approximate surface area is 140 Å². The van der Waals surface area contributed by atoms with Crippen molar-refractivity contribution in [2.24, 2.45) is 0 Å². The van der Waals surface area contributed by atoms with Gasteiger partial charge >= 0.3 is 5.51 Å². The van der Waals surface area contributed by atoms with Crippen LogP contribution in [0, 0.1) is 6.92 Å². The van der Waals surface area contributed by atoms with Crippen LogP contribution in [0.2, 0.25) is 0 Å². The summed E-state index contributed by atoms with van der Waals surface area (Å²) in [7, 11) is -5.36. The molecule has 7 nitrogen and oxygen atoms in total. The minimum Gasteiger partial charge on any atom is -0.383 e. The number of hydrogen-bond donors (Lipinski definition) is 1. The van der Waals surface area contributed by atoms with Crippen molar-refractivity contribution >= 4 is 21.4 Å². The third-order valence-electron chi connectivity index (χ3n) is 3.69. The largest absolute Gasteiger partial charge is 0.501 e. The minimum atomic E-state index is -5.36. The van der Waals surface area contributed by atoms with Gasteiger partial charge in [-0.1, -0.05) is 12.1 Å². The fourth-order valence-corrected chi connectivity index (χ4v) is 3.12. The molecular weight excluding hydrogens is 359 g/mol. The second-order valence-electron chi connectivity index (χ2n) is 5.30. The second-order valence-corrected chi connectivity index (χ2v) is 7.24. The van der Waals surface area contributed by atoms with Crippen LogP contribution in [0.25, 0.3) is 5.78 Å². The summed E-state index contributed by atoms with van der Waals surface area (Å²) in [5.74, 6) is 0.650. The number of anilines is 1. The molecule has 132 valence electrons. The van der Waals surface area contributed by atoms with Gasteiger partial charge in [0, 0.05) is 17.7 Å². The van der Waals surface area contributed by atoms with E-state index in [2.05, 4.69) is 15.1 Å². The Hall–Kier alpha value is -2.69. The zero-order chi connectivity index (χ0) is 18.4. The lowest BCUT2D eigenvalue weighted by Crippen LogP contribution is -2.23. The van der Waals surface area contributed by atoms with Gasteiger partial charge in [-0.25, -0.2) is 13.4 Å². The Kier molecular flexibility index (Phi) is 3.90. The number of sulfone groups is 1. The standard InChI is InChI=1S/C14H12F3N5O2S/c1-8-11(12(18)22-13(21-8)19-7-20-22)6-9-2-4-10(5-3-9)25(23,24)14(15,16)17/h2-5,7H,6,18H2,1H3. The summed E-state index contributed by atoms with van der Waals surface area (Å²) in [6.45, 7) is 1.73. The maximum Gasteiger partial charge on any atom is 0.501 e. The van der Waals surface area contributed by atoms with Crippen LogP contribution < -0.4 is 5.73 Å². The van der Waals surface area contributed by atoms with Crippen LogP contribution in [0.1, 0.15) is 16.8 Å². The molecule has 0 radical (unpaired) electrons. The number of aryl methyl sites for hydroxylation is 1. The maximum atomic E-state index is 12.6. The lowest BCUT2D eigenvalue weighted by molar-refractivity contribution is -0.0436. The normalized spacial score (nSPS) is 12.6. The summed E-state index contributed by atoms with van der Waals surface area (Å²) < 4.78 is 61.8. The van der Waals surface area contributed by atoms with Crippen LogP contribution in [0.15, 0.2) is 35.5 Å². The van der Waals surface area contributed by atoms with Crippen molar-refractivity contribution in [3.63, 3.8) is 0 Å². The Bertz CT molecular complexity index is 1040. The summed E-state index contributed by atoms with van der Waals surface area (Å²) in [4.78, 5) is 7.38. The third-order valence-corrected chi connectivity index (χ3v) is 5.19. The van der Waals surface area contributed by atoms with Crippen molar-refractivity contribution in [3.8, 4) is 0 Å². The Morgan fingerprint density at radius 1 is 1.20 bits per heavy atom. The first-order valence-corrected chi connectivity index (χ1v) is 8.44. The molecule has 3 rings (SSSR count). The molecule has 2 heterocycles. The molecular formula is C14H12F3N5O2S. The van der Waals surface area contributed by atoms with Gasteiger partial charge in [0.2, 0.25) is 0 Å². The van der Waals surface area contributed by atoms with Gasteiger partial charge < -0.3 is 5.73 Å². The van der Waals surface area contributed by atoms with Crippen LogP contribution >= 0.6 is 0 Å². The van der Waals surface area contributed by atoms with E-state index in [0.29, 0.717) is 28.4 Å². The van der Waals surface area contributed by atoms with Crippen molar-refractivity contribution in [1.82, 2.24) is 19.6 Å². The summed E-state index contributed by atoms with van der Waals surface area (Å²) >= 11 is 0. The molecule has 0 aliphatic rings. The molecule has 0 unspecified atom stereocenters. The fourth-order valence-electron chi connectivity index (χ4n) is 2.35. The van der Waals surface area contributed by atoms with E-state index in [4.69, 9.17) is 5.73 Å². The maximum absolute atomic E-state index is 12.6. The van der Waals surface area contributed by atoms with Gasteiger partial charge in [0.15, 0.2) is 0 Å². The molecule has 0 aliphatic carbocycles. The number of benzene rings is 1. The van der Waals surface area contributed by atoms with Crippen molar-refractivity contribution in [3.05, 3.63) is 47.4 Å². The van der Waals surface area contributed by atoms with Crippen molar-refractivity contribution in [2.45, 2.75) is 23.7 Å². The number of halogens is 3.